The molecule has 3 rings (SSSR count). The second-order valence-corrected chi connectivity index (χ2v) is 7.75. The molecule has 0 bridgehead atoms. The number of anilines is 2. The third-order valence-electron chi connectivity index (χ3n) is 3.68. The van der Waals surface area contributed by atoms with Crippen molar-refractivity contribution in [3.05, 3.63) is 77.2 Å². The summed E-state index contributed by atoms with van der Waals surface area (Å²) in [5.41, 5.74) is 2.15. The van der Waals surface area contributed by atoms with Gasteiger partial charge in [-0.3, -0.25) is 9.71 Å². The summed E-state index contributed by atoms with van der Waals surface area (Å²) < 4.78 is 27.4. The molecule has 0 spiro atoms. The Hall–Kier alpha value is -2.64. The first-order valence-electron chi connectivity index (χ1n) is 7.82. The van der Waals surface area contributed by atoms with Gasteiger partial charge in [0.25, 0.3) is 10.0 Å². The fourth-order valence-corrected chi connectivity index (χ4v) is 3.50. The van der Waals surface area contributed by atoms with Gasteiger partial charge in [-0.2, -0.15) is 0 Å². The monoisotopic (exact) mass is 388 g/mol. The number of sulfonamides is 1. The van der Waals surface area contributed by atoms with Crippen molar-refractivity contribution in [1.29, 1.82) is 0 Å². The predicted octanol–water partition coefficient (Wildman–Crippen LogP) is 3.85. The Labute approximate surface area is 157 Å². The van der Waals surface area contributed by atoms with E-state index in [0.29, 0.717) is 28.6 Å². The molecule has 0 saturated carbocycles. The fraction of sp³-hybridized carbons (Fsp3) is 0.111. The van der Waals surface area contributed by atoms with Crippen LogP contribution in [-0.4, -0.2) is 18.4 Å². The maximum atomic E-state index is 12.5. The van der Waals surface area contributed by atoms with E-state index >= 15 is 0 Å². The quantitative estimate of drug-likeness (QED) is 0.670. The zero-order valence-corrected chi connectivity index (χ0v) is 15.6. The first-order valence-corrected chi connectivity index (χ1v) is 9.68. The molecule has 8 heteroatoms. The Morgan fingerprint density at radius 2 is 1.85 bits per heavy atom. The molecule has 0 aliphatic carbocycles. The number of nitrogens with one attached hydrogen (secondary N) is 2. The number of nitrogens with zero attached hydrogens (tertiary/aromatic N) is 2. The summed E-state index contributed by atoms with van der Waals surface area (Å²) in [6, 6.07) is 11.7. The average Bonchev–Trinajstić information content (AvgIpc) is 2.64. The number of hydrogen-bond acceptors (Lipinski definition) is 5. The van der Waals surface area contributed by atoms with Crippen molar-refractivity contribution in [3.8, 4) is 0 Å². The van der Waals surface area contributed by atoms with Crippen molar-refractivity contribution in [1.82, 2.24) is 9.97 Å². The standard InChI is InChI=1S/C18H17ClN4O2S/c1-13-10-16(3-4-17(13)19)26(24,25)23-15-2-5-18(22-12-15)21-11-14-6-8-20-9-7-14/h2-10,12,23H,11H2,1H3,(H,21,22). The van der Waals surface area contributed by atoms with E-state index in [1.165, 1.54) is 18.3 Å². The second kappa shape index (κ2) is 7.72. The van der Waals surface area contributed by atoms with Crippen LogP contribution in [-0.2, 0) is 16.6 Å². The summed E-state index contributed by atoms with van der Waals surface area (Å²) in [6.45, 7) is 2.36. The molecule has 6 nitrogen and oxygen atoms in total. The summed E-state index contributed by atoms with van der Waals surface area (Å²) in [4.78, 5) is 8.35. The smallest absolute Gasteiger partial charge is 0.261 e. The summed E-state index contributed by atoms with van der Waals surface area (Å²) in [7, 11) is -3.70. The van der Waals surface area contributed by atoms with Gasteiger partial charge < -0.3 is 5.32 Å². The lowest BCUT2D eigenvalue weighted by atomic mass is 10.2. The first kappa shape index (κ1) is 18.2. The van der Waals surface area contributed by atoms with Gasteiger partial charge in [0.15, 0.2) is 0 Å². The zero-order valence-electron chi connectivity index (χ0n) is 14.0. The number of halogens is 1. The highest BCUT2D eigenvalue weighted by Crippen LogP contribution is 2.22. The fourth-order valence-electron chi connectivity index (χ4n) is 2.25. The van der Waals surface area contributed by atoms with E-state index < -0.39 is 10.0 Å². The highest BCUT2D eigenvalue weighted by Gasteiger charge is 2.15. The molecule has 2 N–H and O–H groups in total. The van der Waals surface area contributed by atoms with Crippen LogP contribution in [0.4, 0.5) is 11.5 Å². The Morgan fingerprint density at radius 3 is 2.50 bits per heavy atom. The van der Waals surface area contributed by atoms with E-state index in [-0.39, 0.29) is 4.90 Å². The van der Waals surface area contributed by atoms with E-state index in [1.807, 2.05) is 12.1 Å². The van der Waals surface area contributed by atoms with Crippen molar-refractivity contribution >= 4 is 33.1 Å². The molecular formula is C18H17ClN4O2S. The van der Waals surface area contributed by atoms with Gasteiger partial charge in [0.05, 0.1) is 16.8 Å². The summed E-state index contributed by atoms with van der Waals surface area (Å²) in [5.74, 6) is 0.645. The number of rotatable bonds is 6. The average molecular weight is 389 g/mol. The van der Waals surface area contributed by atoms with Gasteiger partial charge in [0.2, 0.25) is 0 Å². The lowest BCUT2D eigenvalue weighted by molar-refractivity contribution is 0.601. The van der Waals surface area contributed by atoms with E-state index in [0.717, 1.165) is 5.56 Å². The molecule has 134 valence electrons. The van der Waals surface area contributed by atoms with Crippen LogP contribution in [0.25, 0.3) is 0 Å². The van der Waals surface area contributed by atoms with Gasteiger partial charge in [-0.15, -0.1) is 0 Å². The van der Waals surface area contributed by atoms with E-state index in [4.69, 9.17) is 11.6 Å². The molecule has 0 fully saturated rings. The van der Waals surface area contributed by atoms with Crippen molar-refractivity contribution in [3.63, 3.8) is 0 Å². The molecule has 2 aromatic heterocycles. The van der Waals surface area contributed by atoms with E-state index in [1.54, 1.807) is 37.5 Å². The van der Waals surface area contributed by atoms with Gasteiger partial charge in [0.1, 0.15) is 5.82 Å². The van der Waals surface area contributed by atoms with Gasteiger partial charge in [0, 0.05) is 24.0 Å². The molecule has 0 saturated heterocycles. The Kier molecular flexibility index (Phi) is 5.39. The number of hydrogen-bond donors (Lipinski definition) is 2. The normalized spacial score (nSPS) is 11.2. The first-order chi connectivity index (χ1) is 12.4. The van der Waals surface area contributed by atoms with Crippen molar-refractivity contribution in [2.24, 2.45) is 0 Å². The van der Waals surface area contributed by atoms with Crippen LogP contribution in [0.2, 0.25) is 5.02 Å². The Morgan fingerprint density at radius 1 is 1.08 bits per heavy atom. The molecule has 0 aliphatic heterocycles. The molecule has 3 aromatic rings. The van der Waals surface area contributed by atoms with Crippen molar-refractivity contribution < 1.29 is 8.42 Å². The number of aryl methyl sites for hydroxylation is 1. The van der Waals surface area contributed by atoms with Gasteiger partial charge >= 0.3 is 0 Å². The van der Waals surface area contributed by atoms with Crippen LogP contribution >= 0.6 is 11.6 Å². The van der Waals surface area contributed by atoms with Crippen LogP contribution in [0.3, 0.4) is 0 Å². The molecule has 0 unspecified atom stereocenters. The molecule has 0 radical (unpaired) electrons. The highest BCUT2D eigenvalue weighted by atomic mass is 35.5. The minimum atomic E-state index is -3.70. The molecule has 1 aromatic carbocycles. The minimum absolute atomic E-state index is 0.152. The topological polar surface area (TPSA) is 84.0 Å². The van der Waals surface area contributed by atoms with Crippen LogP contribution in [0.1, 0.15) is 11.1 Å². The van der Waals surface area contributed by atoms with Crippen molar-refractivity contribution in [2.75, 3.05) is 10.0 Å². The zero-order chi connectivity index (χ0) is 18.6. The van der Waals surface area contributed by atoms with Crippen LogP contribution in [0, 0.1) is 6.92 Å². The largest absolute Gasteiger partial charge is 0.366 e. The molecule has 26 heavy (non-hydrogen) atoms. The van der Waals surface area contributed by atoms with Gasteiger partial charge in [-0.25, -0.2) is 13.4 Å². The summed E-state index contributed by atoms with van der Waals surface area (Å²) in [5, 5.41) is 3.69. The highest BCUT2D eigenvalue weighted by molar-refractivity contribution is 7.92. The molecule has 2 heterocycles. The maximum Gasteiger partial charge on any atom is 0.261 e. The molecular weight excluding hydrogens is 372 g/mol. The molecule has 0 atom stereocenters. The van der Waals surface area contributed by atoms with Crippen molar-refractivity contribution in [2.45, 2.75) is 18.4 Å². The Balaban J connectivity index is 1.67. The Bertz CT molecular complexity index is 993. The predicted molar refractivity (Wildman–Crippen MR) is 103 cm³/mol. The number of aromatic nitrogens is 2. The van der Waals surface area contributed by atoms with Gasteiger partial charge in [-0.05, 0) is 60.5 Å². The van der Waals surface area contributed by atoms with Crippen LogP contribution < -0.4 is 10.0 Å². The summed E-state index contributed by atoms with van der Waals surface area (Å²) in [6.07, 6.45) is 4.91. The molecule has 0 aliphatic rings. The number of pyridine rings is 2. The van der Waals surface area contributed by atoms with E-state index in [2.05, 4.69) is 20.0 Å². The lowest BCUT2D eigenvalue weighted by Gasteiger charge is -2.10. The lowest BCUT2D eigenvalue weighted by Crippen LogP contribution is -2.13. The van der Waals surface area contributed by atoms with Crippen LogP contribution in [0.15, 0.2) is 66.0 Å². The SMILES string of the molecule is Cc1cc(S(=O)(=O)Nc2ccc(NCc3ccncc3)nc2)ccc1Cl. The minimum Gasteiger partial charge on any atom is -0.366 e. The maximum absolute atomic E-state index is 12.5. The number of benzene rings is 1. The molecule has 0 amide bonds. The third kappa shape index (κ3) is 4.50. The van der Waals surface area contributed by atoms with Gasteiger partial charge in [-0.1, -0.05) is 11.6 Å². The third-order valence-corrected chi connectivity index (χ3v) is 5.48. The summed E-state index contributed by atoms with van der Waals surface area (Å²) >= 11 is 5.95. The second-order valence-electron chi connectivity index (χ2n) is 5.66. The van der Waals surface area contributed by atoms with E-state index in [9.17, 15) is 8.42 Å². The van der Waals surface area contributed by atoms with Crippen LogP contribution in [0.5, 0.6) is 0 Å².